The summed E-state index contributed by atoms with van der Waals surface area (Å²) >= 11 is 0. The highest BCUT2D eigenvalue weighted by Crippen LogP contribution is 2.14. The van der Waals surface area contributed by atoms with Crippen LogP contribution in [0.1, 0.15) is 17.3 Å². The number of carboxylic acids is 1. The maximum absolute atomic E-state index is 10.8. The van der Waals surface area contributed by atoms with E-state index in [0.717, 1.165) is 0 Å². The third kappa shape index (κ3) is 3.40. The second-order valence-electron chi connectivity index (χ2n) is 2.94. The van der Waals surface area contributed by atoms with E-state index in [4.69, 9.17) is 9.94 Å². The molecular formula is C10H11NO4. The molecule has 5 heteroatoms. The Morgan fingerprint density at radius 3 is 2.67 bits per heavy atom. The van der Waals surface area contributed by atoms with E-state index in [1.54, 1.807) is 18.2 Å². The lowest BCUT2D eigenvalue weighted by atomic mass is 10.2. The molecule has 0 fully saturated rings. The summed E-state index contributed by atoms with van der Waals surface area (Å²) in [7, 11) is 0. The van der Waals surface area contributed by atoms with Gasteiger partial charge in [0.15, 0.2) is 5.78 Å². The predicted octanol–water partition coefficient (Wildman–Crippen LogP) is 1.32. The van der Waals surface area contributed by atoms with Crippen LogP contribution in [0.25, 0.3) is 0 Å². The number of benzene rings is 1. The zero-order valence-electron chi connectivity index (χ0n) is 8.19. The summed E-state index contributed by atoms with van der Waals surface area (Å²) < 4.78 is 0. The van der Waals surface area contributed by atoms with Gasteiger partial charge in [-0.2, -0.15) is 0 Å². The topological polar surface area (TPSA) is 75.6 Å². The normalized spacial score (nSPS) is 9.67. The standard InChI is InChI=1S/C10H11NO4/c1-7(12)6-15-11-9-5-3-2-4-8(9)10(13)14/h2-5,11H,6H2,1H3,(H,13,14). The van der Waals surface area contributed by atoms with Gasteiger partial charge in [0.1, 0.15) is 6.61 Å². The highest BCUT2D eigenvalue weighted by Gasteiger charge is 2.08. The van der Waals surface area contributed by atoms with Crippen molar-refractivity contribution in [3.8, 4) is 0 Å². The molecule has 0 bridgehead atoms. The van der Waals surface area contributed by atoms with Crippen LogP contribution in [0, 0.1) is 0 Å². The molecule has 0 spiro atoms. The van der Waals surface area contributed by atoms with Gasteiger partial charge in [-0.05, 0) is 19.1 Å². The van der Waals surface area contributed by atoms with Crippen molar-refractivity contribution in [1.82, 2.24) is 0 Å². The van der Waals surface area contributed by atoms with Gasteiger partial charge >= 0.3 is 5.97 Å². The summed E-state index contributed by atoms with van der Waals surface area (Å²) in [4.78, 5) is 26.1. The Bertz CT molecular complexity index is 375. The van der Waals surface area contributed by atoms with Crippen molar-refractivity contribution in [2.75, 3.05) is 12.1 Å². The number of hydrogen-bond donors (Lipinski definition) is 2. The monoisotopic (exact) mass is 209 g/mol. The molecule has 15 heavy (non-hydrogen) atoms. The SMILES string of the molecule is CC(=O)CONc1ccccc1C(=O)O. The number of hydrogen-bond acceptors (Lipinski definition) is 4. The summed E-state index contributed by atoms with van der Waals surface area (Å²) in [5.74, 6) is -1.19. The van der Waals surface area contributed by atoms with Gasteiger partial charge in [0, 0.05) is 0 Å². The van der Waals surface area contributed by atoms with Crippen LogP contribution in [0.2, 0.25) is 0 Å². The minimum atomic E-state index is -1.05. The van der Waals surface area contributed by atoms with E-state index in [0.29, 0.717) is 5.69 Å². The zero-order valence-corrected chi connectivity index (χ0v) is 8.19. The van der Waals surface area contributed by atoms with Gasteiger partial charge in [-0.15, -0.1) is 0 Å². The second-order valence-corrected chi connectivity index (χ2v) is 2.94. The number of aromatic carboxylic acids is 1. The number of para-hydroxylation sites is 1. The van der Waals surface area contributed by atoms with Gasteiger partial charge in [0.05, 0.1) is 11.3 Å². The quantitative estimate of drug-likeness (QED) is 0.715. The summed E-state index contributed by atoms with van der Waals surface area (Å²) in [5.41, 5.74) is 2.85. The number of anilines is 1. The highest BCUT2D eigenvalue weighted by atomic mass is 16.6. The number of rotatable bonds is 5. The molecule has 80 valence electrons. The average Bonchev–Trinajstić information content (AvgIpc) is 2.17. The molecule has 0 unspecified atom stereocenters. The van der Waals surface area contributed by atoms with Crippen molar-refractivity contribution in [3.05, 3.63) is 29.8 Å². The molecule has 0 aromatic heterocycles. The minimum absolute atomic E-state index is 0.0982. The fraction of sp³-hybridized carbons (Fsp3) is 0.200. The third-order valence-electron chi connectivity index (χ3n) is 1.62. The highest BCUT2D eigenvalue weighted by molar-refractivity contribution is 5.93. The van der Waals surface area contributed by atoms with E-state index in [2.05, 4.69) is 5.48 Å². The number of nitrogens with one attached hydrogen (secondary N) is 1. The van der Waals surface area contributed by atoms with E-state index >= 15 is 0 Å². The first-order valence-electron chi connectivity index (χ1n) is 4.31. The number of carbonyl (C=O) groups excluding carboxylic acids is 1. The smallest absolute Gasteiger partial charge is 0.337 e. The van der Waals surface area contributed by atoms with Crippen LogP contribution < -0.4 is 5.48 Å². The number of carboxylic acid groups (broad SMARTS) is 1. The summed E-state index contributed by atoms with van der Waals surface area (Å²) in [6, 6.07) is 6.29. The predicted molar refractivity (Wildman–Crippen MR) is 53.7 cm³/mol. The molecular weight excluding hydrogens is 198 g/mol. The summed E-state index contributed by atoms with van der Waals surface area (Å²) in [6.07, 6.45) is 0. The van der Waals surface area contributed by atoms with Crippen LogP contribution in [-0.2, 0) is 9.63 Å². The Labute approximate surface area is 86.6 Å². The molecule has 1 rings (SSSR count). The lowest BCUT2D eigenvalue weighted by molar-refractivity contribution is -0.120. The van der Waals surface area contributed by atoms with Crippen molar-refractivity contribution in [3.63, 3.8) is 0 Å². The fourth-order valence-electron chi connectivity index (χ4n) is 0.974. The Kier molecular flexibility index (Phi) is 3.82. The molecule has 2 N–H and O–H groups in total. The summed E-state index contributed by atoms with van der Waals surface area (Å²) in [5, 5.41) is 8.81. The van der Waals surface area contributed by atoms with Gasteiger partial charge in [0.2, 0.25) is 0 Å². The summed E-state index contributed by atoms with van der Waals surface area (Å²) in [6.45, 7) is 1.28. The van der Waals surface area contributed by atoms with Crippen molar-refractivity contribution in [2.24, 2.45) is 0 Å². The first-order chi connectivity index (χ1) is 7.11. The van der Waals surface area contributed by atoms with Crippen molar-refractivity contribution in [2.45, 2.75) is 6.92 Å². The Balaban J connectivity index is 2.67. The van der Waals surface area contributed by atoms with Crippen molar-refractivity contribution >= 4 is 17.4 Å². The van der Waals surface area contributed by atoms with Crippen LogP contribution in [-0.4, -0.2) is 23.5 Å². The van der Waals surface area contributed by atoms with Gasteiger partial charge in [-0.1, -0.05) is 12.1 Å². The Morgan fingerprint density at radius 1 is 1.40 bits per heavy atom. The fourth-order valence-corrected chi connectivity index (χ4v) is 0.974. The lowest BCUT2D eigenvalue weighted by Crippen LogP contribution is -2.11. The van der Waals surface area contributed by atoms with Gasteiger partial charge in [0.25, 0.3) is 0 Å². The minimum Gasteiger partial charge on any atom is -0.478 e. The molecule has 0 radical (unpaired) electrons. The molecule has 1 aromatic rings. The molecule has 0 amide bonds. The maximum Gasteiger partial charge on any atom is 0.337 e. The number of Topliss-reactive ketones (excluding diaryl/α,β-unsaturated/α-hetero) is 1. The van der Waals surface area contributed by atoms with Gasteiger partial charge in [-0.25, -0.2) is 4.79 Å². The van der Waals surface area contributed by atoms with E-state index < -0.39 is 5.97 Å². The molecule has 0 saturated heterocycles. The lowest BCUT2D eigenvalue weighted by Gasteiger charge is -2.07. The molecule has 5 nitrogen and oxygen atoms in total. The third-order valence-corrected chi connectivity index (χ3v) is 1.62. The van der Waals surface area contributed by atoms with E-state index in [9.17, 15) is 9.59 Å². The maximum atomic E-state index is 10.8. The first kappa shape index (κ1) is 11.2. The zero-order chi connectivity index (χ0) is 11.3. The van der Waals surface area contributed by atoms with Crippen LogP contribution in [0.3, 0.4) is 0 Å². The van der Waals surface area contributed by atoms with E-state index in [-0.39, 0.29) is 18.0 Å². The number of ketones is 1. The van der Waals surface area contributed by atoms with Gasteiger partial charge in [-0.3, -0.25) is 15.1 Å². The first-order valence-corrected chi connectivity index (χ1v) is 4.31. The largest absolute Gasteiger partial charge is 0.478 e. The van der Waals surface area contributed by atoms with E-state index in [1.165, 1.54) is 13.0 Å². The molecule has 0 heterocycles. The molecule has 0 aliphatic rings. The van der Waals surface area contributed by atoms with Crippen molar-refractivity contribution < 1.29 is 19.5 Å². The van der Waals surface area contributed by atoms with Crippen molar-refractivity contribution in [1.29, 1.82) is 0 Å². The van der Waals surface area contributed by atoms with Crippen LogP contribution in [0.15, 0.2) is 24.3 Å². The van der Waals surface area contributed by atoms with Crippen LogP contribution in [0.4, 0.5) is 5.69 Å². The molecule has 0 aliphatic carbocycles. The molecule has 0 aliphatic heterocycles. The van der Waals surface area contributed by atoms with Gasteiger partial charge < -0.3 is 5.11 Å². The van der Waals surface area contributed by atoms with Crippen LogP contribution in [0.5, 0.6) is 0 Å². The second kappa shape index (κ2) is 5.11. The number of carbonyl (C=O) groups is 2. The molecule has 1 aromatic carbocycles. The average molecular weight is 209 g/mol. The Hall–Kier alpha value is -1.88. The molecule has 0 saturated carbocycles. The Morgan fingerprint density at radius 2 is 2.07 bits per heavy atom. The van der Waals surface area contributed by atoms with E-state index in [1.807, 2.05) is 0 Å². The molecule has 0 atom stereocenters. The van der Waals surface area contributed by atoms with Crippen LogP contribution >= 0.6 is 0 Å².